The van der Waals surface area contributed by atoms with Crippen LogP contribution in [-0.4, -0.2) is 9.23 Å². The summed E-state index contributed by atoms with van der Waals surface area (Å²) in [5.41, 5.74) is 7.24. The van der Waals surface area contributed by atoms with Gasteiger partial charge in [-0.2, -0.15) is 0 Å². The van der Waals surface area contributed by atoms with Crippen molar-refractivity contribution >= 4 is 36.4 Å². The van der Waals surface area contributed by atoms with Gasteiger partial charge >= 0.3 is 0 Å². The molecule has 1 aromatic rings. The summed E-state index contributed by atoms with van der Waals surface area (Å²) >= 11 is 14.1. The lowest BCUT2D eigenvalue weighted by molar-refractivity contribution is 0.502. The Morgan fingerprint density at radius 3 is 1.50 bits per heavy atom. The Morgan fingerprint density at radius 2 is 1.17 bits per heavy atom. The molecule has 0 amide bonds. The minimum atomic E-state index is -0.654. The maximum Gasteiger partial charge on any atom is 0.159 e. The molecule has 3 heteroatoms. The van der Waals surface area contributed by atoms with Crippen molar-refractivity contribution in [1.29, 1.82) is 0 Å². The van der Waals surface area contributed by atoms with E-state index in [-0.39, 0.29) is 16.0 Å². The van der Waals surface area contributed by atoms with Gasteiger partial charge in [0.15, 0.2) is 4.07 Å². The van der Waals surface area contributed by atoms with Gasteiger partial charge in [-0.15, -0.1) is 0 Å². The lowest BCUT2D eigenvalue weighted by Gasteiger charge is -2.17. The van der Waals surface area contributed by atoms with Crippen molar-refractivity contribution in [3.05, 3.63) is 40.0 Å². The first-order chi connectivity index (χ1) is 10.7. The summed E-state index contributed by atoms with van der Waals surface area (Å²) in [5.74, 6) is 0. The molecule has 0 aromatic heterocycles. The van der Waals surface area contributed by atoms with E-state index in [2.05, 4.69) is 74.4 Å². The van der Waals surface area contributed by atoms with Gasteiger partial charge in [-0.3, -0.25) is 0 Å². The fourth-order valence-corrected chi connectivity index (χ4v) is 10.4. The lowest BCUT2D eigenvalue weighted by atomic mass is 9.89. The molecule has 1 aliphatic heterocycles. The summed E-state index contributed by atoms with van der Waals surface area (Å²) in [5, 5.41) is 1.34. The molecule has 0 N–H and O–H groups in total. The first-order valence-electron chi connectivity index (χ1n) is 8.70. The van der Waals surface area contributed by atoms with Crippen LogP contribution in [0.3, 0.4) is 0 Å². The predicted octanol–water partition coefficient (Wildman–Crippen LogP) is 7.01. The third-order valence-corrected chi connectivity index (χ3v) is 10.4. The Labute approximate surface area is 158 Å². The monoisotopic (exact) mass is 382 g/mol. The summed E-state index contributed by atoms with van der Waals surface area (Å²) < 4.78 is -0.654. The van der Waals surface area contributed by atoms with Crippen LogP contribution in [0, 0.1) is 31.6 Å². The van der Waals surface area contributed by atoms with Crippen LogP contribution in [0.15, 0.2) is 23.3 Å². The third kappa shape index (κ3) is 2.29. The van der Waals surface area contributed by atoms with Crippen LogP contribution in [0.5, 0.6) is 0 Å². The molecule has 0 radical (unpaired) electrons. The van der Waals surface area contributed by atoms with Crippen molar-refractivity contribution in [2.45, 2.75) is 71.5 Å². The van der Waals surface area contributed by atoms with Crippen LogP contribution in [0.1, 0.15) is 58.2 Å². The highest BCUT2D eigenvalue weighted by atomic mass is 35.5. The number of hydrogen-bond donors (Lipinski definition) is 0. The zero-order valence-corrected chi connectivity index (χ0v) is 18.8. The Hall–Kier alpha value is -0.0300. The van der Waals surface area contributed by atoms with Gasteiger partial charge < -0.3 is 0 Å². The zero-order chi connectivity index (χ0) is 18.5. The molecule has 0 saturated carbocycles. The molecular formula is C21H29Cl2P. The smallest absolute Gasteiger partial charge is 0.0944 e. The molecule has 24 heavy (non-hydrogen) atoms. The van der Waals surface area contributed by atoms with E-state index in [1.807, 2.05) is 0 Å². The lowest BCUT2D eigenvalue weighted by Crippen LogP contribution is -2.15. The molecule has 1 aliphatic carbocycles. The maximum atomic E-state index is 7.03. The van der Waals surface area contributed by atoms with Crippen molar-refractivity contribution in [1.82, 2.24) is 0 Å². The van der Waals surface area contributed by atoms with Crippen LogP contribution in [-0.2, 0) is 0 Å². The topological polar surface area (TPSA) is 0 Å². The molecule has 1 aromatic carbocycles. The number of benzene rings is 1. The van der Waals surface area contributed by atoms with E-state index >= 15 is 0 Å². The van der Waals surface area contributed by atoms with Crippen LogP contribution in [0.4, 0.5) is 0 Å². The van der Waals surface area contributed by atoms with Gasteiger partial charge in [0.1, 0.15) is 0 Å². The Morgan fingerprint density at radius 1 is 0.792 bits per heavy atom. The molecule has 0 bridgehead atoms. The first-order valence-corrected chi connectivity index (χ1v) is 10.8. The molecule has 1 saturated heterocycles. The van der Waals surface area contributed by atoms with Gasteiger partial charge in [0.05, 0.1) is 5.16 Å². The van der Waals surface area contributed by atoms with Crippen molar-refractivity contribution in [2.75, 3.05) is 0 Å². The van der Waals surface area contributed by atoms with E-state index in [1.54, 1.807) is 0 Å². The fourth-order valence-electron chi connectivity index (χ4n) is 4.77. The van der Waals surface area contributed by atoms with E-state index in [9.17, 15) is 0 Å². The van der Waals surface area contributed by atoms with Gasteiger partial charge in [-0.25, -0.2) is 0 Å². The number of hydrogen-bond acceptors (Lipinski definition) is 0. The van der Waals surface area contributed by atoms with E-state index in [1.165, 1.54) is 33.1 Å². The Balaban J connectivity index is 2.16. The summed E-state index contributed by atoms with van der Waals surface area (Å²) in [6.45, 7) is 20.4. The Bertz CT molecular complexity index is 710. The van der Waals surface area contributed by atoms with Crippen LogP contribution >= 0.6 is 31.1 Å². The zero-order valence-electron chi connectivity index (χ0n) is 16.4. The van der Waals surface area contributed by atoms with Gasteiger partial charge in [0.2, 0.25) is 0 Å². The van der Waals surface area contributed by atoms with Crippen molar-refractivity contribution < 1.29 is 0 Å². The highest BCUT2D eigenvalue weighted by molar-refractivity contribution is 7.82. The fraction of sp³-hybridized carbons (Fsp3) is 0.619. The normalized spacial score (nSPS) is 24.5. The molecule has 1 heterocycles. The van der Waals surface area contributed by atoms with E-state index in [4.69, 9.17) is 23.2 Å². The minimum Gasteiger partial charge on any atom is -0.0944 e. The SMILES string of the molecule is Cc1cc(C)c(P2C(Cl)(Cl)C23C(C(C)(C)C)=C3C(C)(C)C)c(C)c1. The van der Waals surface area contributed by atoms with E-state index in [0.717, 1.165) is 0 Å². The predicted molar refractivity (Wildman–Crippen MR) is 110 cm³/mol. The van der Waals surface area contributed by atoms with Gasteiger partial charge in [0, 0.05) is 0 Å². The number of halogens is 2. The molecule has 1 atom stereocenters. The summed E-state index contributed by atoms with van der Waals surface area (Å²) in [4.78, 5) is 0. The number of allylic oxidation sites excluding steroid dienone is 2. The summed E-state index contributed by atoms with van der Waals surface area (Å²) in [7, 11) is -0.625. The van der Waals surface area contributed by atoms with Gasteiger partial charge in [0.25, 0.3) is 0 Å². The average molecular weight is 383 g/mol. The minimum absolute atomic E-state index is 0.0767. The molecule has 1 unspecified atom stereocenters. The molecule has 3 rings (SSSR count). The molecular weight excluding hydrogens is 354 g/mol. The third-order valence-electron chi connectivity index (χ3n) is 5.27. The van der Waals surface area contributed by atoms with Crippen LogP contribution < -0.4 is 5.30 Å². The second-order valence-electron chi connectivity index (χ2n) is 9.58. The second kappa shape index (κ2) is 5.03. The van der Waals surface area contributed by atoms with Gasteiger partial charge in [-0.05, 0) is 67.1 Å². The van der Waals surface area contributed by atoms with Crippen molar-refractivity contribution in [2.24, 2.45) is 10.8 Å². The maximum absolute atomic E-state index is 7.03. The molecule has 0 nitrogen and oxygen atoms in total. The summed E-state index contributed by atoms with van der Waals surface area (Å²) in [6, 6.07) is 4.55. The number of rotatable bonds is 1. The quantitative estimate of drug-likeness (QED) is 0.278. The van der Waals surface area contributed by atoms with Crippen LogP contribution in [0.2, 0.25) is 0 Å². The first kappa shape index (κ1) is 18.8. The van der Waals surface area contributed by atoms with Crippen LogP contribution in [0.25, 0.3) is 0 Å². The van der Waals surface area contributed by atoms with Crippen molar-refractivity contribution in [3.63, 3.8) is 0 Å². The van der Waals surface area contributed by atoms with E-state index in [0.29, 0.717) is 0 Å². The second-order valence-corrected chi connectivity index (χ2v) is 13.9. The number of alkyl halides is 2. The highest BCUT2D eigenvalue weighted by Gasteiger charge is 2.89. The molecule has 1 fully saturated rings. The van der Waals surface area contributed by atoms with E-state index < -0.39 is 12.0 Å². The van der Waals surface area contributed by atoms with Gasteiger partial charge in [-0.1, -0.05) is 82.4 Å². The Kier molecular flexibility index (Phi) is 3.93. The van der Waals surface area contributed by atoms with Crippen molar-refractivity contribution in [3.8, 4) is 0 Å². The number of aryl methyl sites for hydroxylation is 3. The molecule has 2 aliphatic rings. The average Bonchev–Trinajstić information content (AvgIpc) is 3.14. The molecule has 1 spiro atoms. The largest absolute Gasteiger partial charge is 0.159 e. The molecule has 132 valence electrons. The summed E-state index contributed by atoms with van der Waals surface area (Å²) in [6.07, 6.45) is 0. The highest BCUT2D eigenvalue weighted by Crippen LogP contribution is 2.99. The standard InChI is InChI=1S/C21H29Cl2P/c1-12-10-13(2)15(14(3)11-12)24-20(21(24,22)23)16(18(4,5)6)17(20)19(7,8)9/h10-11H,1-9H3.